The first-order chi connectivity index (χ1) is 12.8. The Bertz CT molecular complexity index is 804. The Labute approximate surface area is 162 Å². The number of hydrogen-bond acceptors (Lipinski definition) is 4. The van der Waals surface area contributed by atoms with Gasteiger partial charge in [-0.25, -0.2) is 0 Å². The van der Waals surface area contributed by atoms with Crippen molar-refractivity contribution in [2.24, 2.45) is 0 Å². The smallest absolute Gasteiger partial charge is 0.252 e. The Balaban J connectivity index is 1.45. The molecule has 3 aromatic rings. The molecule has 0 fully saturated rings. The van der Waals surface area contributed by atoms with Crippen LogP contribution < -0.4 is 10.6 Å². The molecule has 1 amide bonds. The molecule has 1 aromatic heterocycles. The van der Waals surface area contributed by atoms with Crippen molar-refractivity contribution in [2.75, 3.05) is 18.4 Å². The van der Waals surface area contributed by atoms with Gasteiger partial charge in [-0.3, -0.25) is 4.79 Å². The molecule has 2 N–H and O–H groups in total. The Morgan fingerprint density at radius 3 is 2.54 bits per heavy atom. The first-order valence-electron chi connectivity index (χ1n) is 8.64. The van der Waals surface area contributed by atoms with Gasteiger partial charge in [-0.05, 0) is 42.1 Å². The topological polar surface area (TPSA) is 41.1 Å². The molecule has 0 atom stereocenters. The van der Waals surface area contributed by atoms with Gasteiger partial charge in [-0.2, -0.15) is 0 Å². The summed E-state index contributed by atoms with van der Waals surface area (Å²) in [6, 6.07) is 22.1. The standard InChI is InChI=1S/C21H22N2OS2/c24-21(23-14-7-13-22-17-8-2-1-3-9-17)19-11-4-5-12-20(19)26-16-18-10-6-15-25-18/h1-6,8-12,15,22H,7,13-14,16H2,(H,23,24). The van der Waals surface area contributed by atoms with Crippen molar-refractivity contribution in [1.29, 1.82) is 0 Å². The number of para-hydroxylation sites is 1. The van der Waals surface area contributed by atoms with Gasteiger partial charge in [0.25, 0.3) is 5.91 Å². The minimum absolute atomic E-state index is 0.000935. The molecule has 0 bridgehead atoms. The van der Waals surface area contributed by atoms with E-state index >= 15 is 0 Å². The molecule has 1 heterocycles. The van der Waals surface area contributed by atoms with E-state index in [-0.39, 0.29) is 5.91 Å². The van der Waals surface area contributed by atoms with Crippen molar-refractivity contribution in [2.45, 2.75) is 17.1 Å². The molecule has 0 saturated heterocycles. The van der Waals surface area contributed by atoms with Crippen molar-refractivity contribution in [3.63, 3.8) is 0 Å². The van der Waals surface area contributed by atoms with E-state index in [1.807, 2.05) is 54.6 Å². The summed E-state index contributed by atoms with van der Waals surface area (Å²) in [6.45, 7) is 1.49. The Morgan fingerprint density at radius 2 is 1.73 bits per heavy atom. The van der Waals surface area contributed by atoms with Gasteiger partial charge in [0.05, 0.1) is 5.56 Å². The van der Waals surface area contributed by atoms with Gasteiger partial charge in [-0.1, -0.05) is 36.4 Å². The van der Waals surface area contributed by atoms with Crippen LogP contribution >= 0.6 is 23.1 Å². The minimum atomic E-state index is -0.000935. The van der Waals surface area contributed by atoms with E-state index < -0.39 is 0 Å². The number of nitrogens with one attached hydrogen (secondary N) is 2. The van der Waals surface area contributed by atoms with E-state index in [0.29, 0.717) is 6.54 Å². The molecule has 0 spiro atoms. The molecule has 3 nitrogen and oxygen atoms in total. The van der Waals surface area contributed by atoms with Crippen molar-refractivity contribution in [1.82, 2.24) is 5.32 Å². The van der Waals surface area contributed by atoms with Gasteiger partial charge in [0.1, 0.15) is 0 Å². The highest BCUT2D eigenvalue weighted by Gasteiger charge is 2.11. The first-order valence-corrected chi connectivity index (χ1v) is 10.5. The van der Waals surface area contributed by atoms with Crippen LogP contribution in [0.3, 0.4) is 0 Å². The Morgan fingerprint density at radius 1 is 0.923 bits per heavy atom. The van der Waals surface area contributed by atoms with Crippen LogP contribution in [0, 0.1) is 0 Å². The molecule has 0 aliphatic carbocycles. The van der Waals surface area contributed by atoms with Crippen LogP contribution in [0.4, 0.5) is 5.69 Å². The molecule has 3 rings (SSSR count). The number of carbonyl (C=O) groups is 1. The lowest BCUT2D eigenvalue weighted by Gasteiger charge is -2.10. The number of hydrogen-bond donors (Lipinski definition) is 2. The quantitative estimate of drug-likeness (QED) is 0.391. The molecular weight excluding hydrogens is 360 g/mol. The zero-order chi connectivity index (χ0) is 18.0. The molecule has 0 saturated carbocycles. The average molecular weight is 383 g/mol. The fraction of sp³-hybridized carbons (Fsp3) is 0.190. The van der Waals surface area contributed by atoms with E-state index in [1.165, 1.54) is 4.88 Å². The second-order valence-corrected chi connectivity index (χ2v) is 7.82. The molecule has 2 aromatic carbocycles. The van der Waals surface area contributed by atoms with Gasteiger partial charge in [0, 0.05) is 34.3 Å². The van der Waals surface area contributed by atoms with Crippen molar-refractivity contribution in [3.05, 3.63) is 82.6 Å². The number of thioether (sulfide) groups is 1. The summed E-state index contributed by atoms with van der Waals surface area (Å²) in [7, 11) is 0. The summed E-state index contributed by atoms with van der Waals surface area (Å²) in [5.41, 5.74) is 1.86. The third kappa shape index (κ3) is 5.64. The third-order valence-electron chi connectivity index (χ3n) is 3.82. The van der Waals surface area contributed by atoms with Gasteiger partial charge in [0.2, 0.25) is 0 Å². The van der Waals surface area contributed by atoms with Crippen LogP contribution in [0.25, 0.3) is 0 Å². The van der Waals surface area contributed by atoms with Gasteiger partial charge >= 0.3 is 0 Å². The van der Waals surface area contributed by atoms with Crippen LogP contribution in [0.5, 0.6) is 0 Å². The molecule has 5 heteroatoms. The molecule has 26 heavy (non-hydrogen) atoms. The maximum absolute atomic E-state index is 12.5. The monoisotopic (exact) mass is 382 g/mol. The summed E-state index contributed by atoms with van der Waals surface area (Å²) >= 11 is 3.46. The van der Waals surface area contributed by atoms with Crippen LogP contribution in [0.1, 0.15) is 21.7 Å². The molecule has 0 aliphatic heterocycles. The average Bonchev–Trinajstić information content (AvgIpc) is 3.20. The maximum atomic E-state index is 12.5. The van der Waals surface area contributed by atoms with E-state index in [1.54, 1.807) is 23.1 Å². The van der Waals surface area contributed by atoms with Crippen LogP contribution in [-0.2, 0) is 5.75 Å². The van der Waals surface area contributed by atoms with Gasteiger partial charge < -0.3 is 10.6 Å². The molecular formula is C21H22N2OS2. The van der Waals surface area contributed by atoms with Crippen LogP contribution in [0.15, 0.2) is 77.0 Å². The summed E-state index contributed by atoms with van der Waals surface area (Å²) in [5, 5.41) is 8.46. The normalized spacial score (nSPS) is 10.5. The molecule has 0 unspecified atom stereocenters. The zero-order valence-electron chi connectivity index (χ0n) is 14.5. The van der Waals surface area contributed by atoms with Crippen molar-refractivity contribution < 1.29 is 4.79 Å². The number of carbonyl (C=O) groups excluding carboxylic acids is 1. The molecule has 134 valence electrons. The fourth-order valence-electron chi connectivity index (χ4n) is 2.50. The SMILES string of the molecule is O=C(NCCCNc1ccccc1)c1ccccc1SCc1cccs1. The predicted molar refractivity (Wildman–Crippen MR) is 112 cm³/mol. The largest absolute Gasteiger partial charge is 0.385 e. The Kier molecular flexibility index (Phi) is 7.16. The highest BCUT2D eigenvalue weighted by molar-refractivity contribution is 7.98. The highest BCUT2D eigenvalue weighted by atomic mass is 32.2. The number of benzene rings is 2. The van der Waals surface area contributed by atoms with Crippen molar-refractivity contribution >= 4 is 34.7 Å². The predicted octanol–water partition coefficient (Wildman–Crippen LogP) is 5.27. The highest BCUT2D eigenvalue weighted by Crippen LogP contribution is 2.27. The summed E-state index contributed by atoms with van der Waals surface area (Å²) < 4.78 is 0. The van der Waals surface area contributed by atoms with Crippen LogP contribution in [-0.4, -0.2) is 19.0 Å². The van der Waals surface area contributed by atoms with Crippen LogP contribution in [0.2, 0.25) is 0 Å². The minimum Gasteiger partial charge on any atom is -0.385 e. The summed E-state index contributed by atoms with van der Waals surface area (Å²) in [5.74, 6) is 0.891. The third-order valence-corrected chi connectivity index (χ3v) is 6.01. The van der Waals surface area contributed by atoms with Gasteiger partial charge in [0.15, 0.2) is 0 Å². The summed E-state index contributed by atoms with van der Waals surface area (Å²) in [6.07, 6.45) is 0.880. The maximum Gasteiger partial charge on any atom is 0.252 e. The second-order valence-electron chi connectivity index (χ2n) is 5.77. The lowest BCUT2D eigenvalue weighted by atomic mass is 10.2. The molecule has 0 radical (unpaired) electrons. The first kappa shape index (κ1) is 18.5. The zero-order valence-corrected chi connectivity index (χ0v) is 16.1. The lowest BCUT2D eigenvalue weighted by Crippen LogP contribution is -2.26. The fourth-order valence-corrected chi connectivity index (χ4v) is 4.32. The van der Waals surface area contributed by atoms with Crippen molar-refractivity contribution in [3.8, 4) is 0 Å². The number of anilines is 1. The number of amides is 1. The second kappa shape index (κ2) is 10.0. The van der Waals surface area contributed by atoms with E-state index in [9.17, 15) is 4.79 Å². The lowest BCUT2D eigenvalue weighted by molar-refractivity contribution is 0.0950. The van der Waals surface area contributed by atoms with Gasteiger partial charge in [-0.15, -0.1) is 23.1 Å². The number of rotatable bonds is 9. The van der Waals surface area contributed by atoms with E-state index in [0.717, 1.165) is 34.9 Å². The van der Waals surface area contributed by atoms with E-state index in [4.69, 9.17) is 0 Å². The number of thiophene rings is 1. The molecule has 0 aliphatic rings. The summed E-state index contributed by atoms with van der Waals surface area (Å²) in [4.78, 5) is 14.9. The van der Waals surface area contributed by atoms with E-state index in [2.05, 4.69) is 28.1 Å². The Hall–Kier alpha value is -2.24.